The second-order valence-electron chi connectivity index (χ2n) is 7.55. The van der Waals surface area contributed by atoms with E-state index in [1.807, 2.05) is 24.3 Å². The highest BCUT2D eigenvalue weighted by Crippen LogP contribution is 2.24. The van der Waals surface area contributed by atoms with Crippen LogP contribution in [-0.4, -0.2) is 24.1 Å². The summed E-state index contributed by atoms with van der Waals surface area (Å²) in [6.45, 7) is 5.07. The number of hydrogen-bond acceptors (Lipinski definition) is 3. The van der Waals surface area contributed by atoms with E-state index in [4.69, 9.17) is 0 Å². The van der Waals surface area contributed by atoms with Crippen LogP contribution in [0.1, 0.15) is 25.3 Å². The number of benzene rings is 2. The van der Waals surface area contributed by atoms with Gasteiger partial charge in [-0.3, -0.25) is 4.98 Å². The Morgan fingerprint density at radius 3 is 2.68 bits per heavy atom. The van der Waals surface area contributed by atoms with Gasteiger partial charge in [-0.15, -0.1) is 0 Å². The zero-order valence-electron chi connectivity index (χ0n) is 16.2. The lowest BCUT2D eigenvalue weighted by Crippen LogP contribution is -2.32. The molecule has 1 fully saturated rings. The fourth-order valence-electron chi connectivity index (χ4n) is 3.67. The molecule has 5 heteroatoms. The van der Waals surface area contributed by atoms with Crippen molar-refractivity contribution in [1.82, 2.24) is 10.3 Å². The molecule has 1 aromatic heterocycles. The summed E-state index contributed by atoms with van der Waals surface area (Å²) in [4.78, 5) is 18.9. The molecule has 28 heavy (non-hydrogen) atoms. The van der Waals surface area contributed by atoms with Crippen molar-refractivity contribution in [3.05, 3.63) is 66.5 Å². The number of amides is 2. The first-order valence-electron chi connectivity index (χ1n) is 9.90. The van der Waals surface area contributed by atoms with Crippen molar-refractivity contribution < 1.29 is 4.79 Å². The van der Waals surface area contributed by atoms with Crippen LogP contribution >= 0.6 is 0 Å². The SMILES string of the molecule is CC1CCN(c2ccc(CNC(=O)Nc3cccc4cnccc34)cc2)CC1. The second kappa shape index (κ2) is 8.30. The van der Waals surface area contributed by atoms with Crippen molar-refractivity contribution >= 4 is 28.2 Å². The normalized spacial score (nSPS) is 14.8. The first-order chi connectivity index (χ1) is 13.7. The Morgan fingerprint density at radius 1 is 1.11 bits per heavy atom. The standard InChI is InChI=1S/C23H26N4O/c1-17-10-13-27(14-11-17)20-7-5-18(6-8-20)15-25-23(28)26-22-4-2-3-19-16-24-12-9-21(19)22/h2-9,12,16-17H,10-11,13-15H2,1H3,(H2,25,26,28). The fraction of sp³-hybridized carbons (Fsp3) is 0.304. The van der Waals surface area contributed by atoms with E-state index in [2.05, 4.69) is 51.7 Å². The smallest absolute Gasteiger partial charge is 0.319 e. The second-order valence-corrected chi connectivity index (χ2v) is 7.55. The molecule has 5 nitrogen and oxygen atoms in total. The van der Waals surface area contributed by atoms with Crippen molar-refractivity contribution in [3.63, 3.8) is 0 Å². The number of carbonyl (C=O) groups excluding carboxylic acids is 1. The maximum absolute atomic E-state index is 12.3. The highest BCUT2D eigenvalue weighted by Gasteiger charge is 2.15. The molecule has 3 aromatic rings. The number of pyridine rings is 1. The summed E-state index contributed by atoms with van der Waals surface area (Å²) in [5.41, 5.74) is 3.14. The lowest BCUT2D eigenvalue weighted by Gasteiger charge is -2.32. The average Bonchev–Trinajstić information content (AvgIpc) is 2.74. The Hall–Kier alpha value is -3.08. The van der Waals surface area contributed by atoms with Crippen LogP contribution in [-0.2, 0) is 6.54 Å². The predicted octanol–water partition coefficient (Wildman–Crippen LogP) is 4.79. The number of nitrogens with zero attached hydrogens (tertiary/aromatic N) is 2. The first kappa shape index (κ1) is 18.3. The molecule has 1 aliphatic rings. The minimum absolute atomic E-state index is 0.210. The number of hydrogen-bond donors (Lipinski definition) is 2. The molecule has 0 aliphatic carbocycles. The van der Waals surface area contributed by atoms with E-state index >= 15 is 0 Å². The molecular formula is C23H26N4O. The molecule has 1 saturated heterocycles. The molecule has 2 N–H and O–H groups in total. The first-order valence-corrected chi connectivity index (χ1v) is 9.90. The molecule has 0 atom stereocenters. The summed E-state index contributed by atoms with van der Waals surface area (Å²) >= 11 is 0. The van der Waals surface area contributed by atoms with Crippen LogP contribution < -0.4 is 15.5 Å². The zero-order valence-corrected chi connectivity index (χ0v) is 16.2. The van der Waals surface area contributed by atoms with E-state index in [1.165, 1.54) is 18.5 Å². The molecule has 0 radical (unpaired) electrons. The van der Waals surface area contributed by atoms with E-state index in [0.717, 1.165) is 41.0 Å². The number of anilines is 2. The van der Waals surface area contributed by atoms with Gasteiger partial charge in [0, 0.05) is 48.5 Å². The summed E-state index contributed by atoms with van der Waals surface area (Å²) in [5, 5.41) is 7.86. The van der Waals surface area contributed by atoms with E-state index in [1.54, 1.807) is 12.4 Å². The minimum Gasteiger partial charge on any atom is -0.372 e. The Kier molecular flexibility index (Phi) is 5.42. The van der Waals surface area contributed by atoms with Crippen molar-refractivity contribution in [2.75, 3.05) is 23.3 Å². The van der Waals surface area contributed by atoms with Gasteiger partial charge >= 0.3 is 6.03 Å². The van der Waals surface area contributed by atoms with Gasteiger partial charge in [0.05, 0.1) is 5.69 Å². The Bertz CT molecular complexity index is 941. The number of rotatable bonds is 4. The number of urea groups is 1. The maximum atomic E-state index is 12.3. The molecule has 1 aliphatic heterocycles. The quantitative estimate of drug-likeness (QED) is 0.690. The monoisotopic (exact) mass is 374 g/mol. The van der Waals surface area contributed by atoms with E-state index in [-0.39, 0.29) is 6.03 Å². The van der Waals surface area contributed by atoms with Crippen LogP contribution in [0.2, 0.25) is 0 Å². The largest absolute Gasteiger partial charge is 0.372 e. The van der Waals surface area contributed by atoms with Gasteiger partial charge in [0.15, 0.2) is 0 Å². The van der Waals surface area contributed by atoms with Gasteiger partial charge in [-0.05, 0) is 48.6 Å². The van der Waals surface area contributed by atoms with Crippen LogP contribution in [0.25, 0.3) is 10.8 Å². The van der Waals surface area contributed by atoms with Gasteiger partial charge in [0.25, 0.3) is 0 Å². The van der Waals surface area contributed by atoms with Crippen LogP contribution in [0.5, 0.6) is 0 Å². The van der Waals surface area contributed by atoms with Gasteiger partial charge in [-0.2, -0.15) is 0 Å². The summed E-state index contributed by atoms with van der Waals surface area (Å²) in [6, 6.07) is 16.0. The van der Waals surface area contributed by atoms with Gasteiger partial charge in [-0.1, -0.05) is 31.2 Å². The van der Waals surface area contributed by atoms with Crippen LogP contribution in [0, 0.1) is 5.92 Å². The zero-order chi connectivity index (χ0) is 19.3. The molecule has 0 saturated carbocycles. The maximum Gasteiger partial charge on any atom is 0.319 e. The summed E-state index contributed by atoms with van der Waals surface area (Å²) in [5.74, 6) is 0.830. The van der Waals surface area contributed by atoms with Crippen molar-refractivity contribution in [2.24, 2.45) is 5.92 Å². The van der Waals surface area contributed by atoms with Crippen LogP contribution in [0.3, 0.4) is 0 Å². The lowest BCUT2D eigenvalue weighted by molar-refractivity contribution is 0.252. The molecule has 2 aromatic carbocycles. The highest BCUT2D eigenvalue weighted by atomic mass is 16.2. The van der Waals surface area contributed by atoms with E-state index in [9.17, 15) is 4.79 Å². The summed E-state index contributed by atoms with van der Waals surface area (Å²) in [6.07, 6.45) is 6.04. The van der Waals surface area contributed by atoms with Gasteiger partial charge in [0.1, 0.15) is 0 Å². The Balaban J connectivity index is 1.33. The number of fused-ring (bicyclic) bond motifs is 1. The average molecular weight is 374 g/mol. The number of piperidine rings is 1. The minimum atomic E-state index is -0.210. The third-order valence-corrected chi connectivity index (χ3v) is 5.47. The molecule has 0 unspecified atom stereocenters. The molecule has 0 spiro atoms. The van der Waals surface area contributed by atoms with Crippen molar-refractivity contribution in [1.29, 1.82) is 0 Å². The molecule has 2 amide bonds. The molecule has 0 bridgehead atoms. The third kappa shape index (κ3) is 4.25. The summed E-state index contributed by atoms with van der Waals surface area (Å²) < 4.78 is 0. The number of carbonyl (C=O) groups is 1. The third-order valence-electron chi connectivity index (χ3n) is 5.47. The van der Waals surface area contributed by atoms with E-state index in [0.29, 0.717) is 6.54 Å². The summed E-state index contributed by atoms with van der Waals surface area (Å²) in [7, 11) is 0. The van der Waals surface area contributed by atoms with Gasteiger partial charge < -0.3 is 15.5 Å². The lowest BCUT2D eigenvalue weighted by atomic mass is 9.99. The van der Waals surface area contributed by atoms with E-state index < -0.39 is 0 Å². The fourth-order valence-corrected chi connectivity index (χ4v) is 3.67. The molecule has 2 heterocycles. The highest BCUT2D eigenvalue weighted by molar-refractivity contribution is 6.01. The number of aromatic nitrogens is 1. The van der Waals surface area contributed by atoms with Crippen LogP contribution in [0.15, 0.2) is 60.9 Å². The van der Waals surface area contributed by atoms with Gasteiger partial charge in [-0.25, -0.2) is 4.79 Å². The molecule has 144 valence electrons. The van der Waals surface area contributed by atoms with Crippen molar-refractivity contribution in [2.45, 2.75) is 26.3 Å². The van der Waals surface area contributed by atoms with Crippen molar-refractivity contribution in [3.8, 4) is 0 Å². The molecular weight excluding hydrogens is 348 g/mol. The van der Waals surface area contributed by atoms with Crippen LogP contribution in [0.4, 0.5) is 16.2 Å². The number of nitrogens with one attached hydrogen (secondary N) is 2. The topological polar surface area (TPSA) is 57.3 Å². The Morgan fingerprint density at radius 2 is 1.89 bits per heavy atom. The van der Waals surface area contributed by atoms with Gasteiger partial charge in [0.2, 0.25) is 0 Å². The Labute approximate surface area is 165 Å². The molecule has 4 rings (SSSR count). The predicted molar refractivity (Wildman–Crippen MR) is 115 cm³/mol.